The number of halogens is 2. The maximum absolute atomic E-state index is 13.9. The fraction of sp³-hybridized carbons (Fsp3) is 0.226. The maximum atomic E-state index is 13.9. The number of aliphatic hydroxyl groups is 1. The van der Waals surface area contributed by atoms with E-state index in [1.54, 1.807) is 41.3 Å². The number of hydrogen-bond donors (Lipinski definition) is 2. The zero-order valence-corrected chi connectivity index (χ0v) is 21.0. The van der Waals surface area contributed by atoms with Crippen molar-refractivity contribution in [3.8, 4) is 0 Å². The topological polar surface area (TPSA) is 64.4 Å². The van der Waals surface area contributed by atoms with Crippen LogP contribution in [0.1, 0.15) is 49.3 Å². The standard InChI is InChI=1S/C31H28F2N2O2/c1-18-4-6-20(7-5-18)29(37)28-26(19-8-10-21(32)11-9-19)27-24(16-31(2,3)17-25(27)36)35(30(28)34)23-14-12-22(33)13-15-23/h4-15,26,34,37H,16-17H2,1-3H3/b29-28+,34-30?. The van der Waals surface area contributed by atoms with Gasteiger partial charge in [0.1, 0.15) is 23.2 Å². The summed E-state index contributed by atoms with van der Waals surface area (Å²) in [4.78, 5) is 15.4. The Bertz CT molecular complexity index is 1450. The van der Waals surface area contributed by atoms with Crippen LogP contribution in [-0.4, -0.2) is 16.7 Å². The third-order valence-corrected chi connectivity index (χ3v) is 7.09. The number of ketones is 1. The van der Waals surface area contributed by atoms with Crippen LogP contribution in [0.15, 0.2) is 89.6 Å². The van der Waals surface area contributed by atoms with Gasteiger partial charge in [0.2, 0.25) is 0 Å². The van der Waals surface area contributed by atoms with Crippen LogP contribution in [0.3, 0.4) is 0 Å². The molecule has 5 rings (SSSR count). The predicted octanol–water partition coefficient (Wildman–Crippen LogP) is 7.47. The minimum absolute atomic E-state index is 0.0109. The number of rotatable bonds is 3. The molecule has 4 nitrogen and oxygen atoms in total. The van der Waals surface area contributed by atoms with Crippen LogP contribution in [0, 0.1) is 29.4 Å². The van der Waals surface area contributed by atoms with Crippen LogP contribution < -0.4 is 4.90 Å². The molecule has 0 fully saturated rings. The van der Waals surface area contributed by atoms with E-state index in [4.69, 9.17) is 0 Å². The summed E-state index contributed by atoms with van der Waals surface area (Å²) in [6.45, 7) is 5.94. The zero-order valence-electron chi connectivity index (χ0n) is 21.0. The SMILES string of the molecule is Cc1ccc(/C(O)=C2\C(=N)N(c3ccc(F)cc3)C3=C(C(=O)CC(C)(C)C3)C2c2ccc(F)cc2)cc1. The van der Waals surface area contributed by atoms with Crippen LogP contribution >= 0.6 is 0 Å². The van der Waals surface area contributed by atoms with Gasteiger partial charge >= 0.3 is 0 Å². The van der Waals surface area contributed by atoms with Crippen LogP contribution in [-0.2, 0) is 4.79 Å². The molecule has 0 amide bonds. The van der Waals surface area contributed by atoms with E-state index in [1.807, 2.05) is 32.9 Å². The average Bonchev–Trinajstić information content (AvgIpc) is 2.84. The van der Waals surface area contributed by atoms with Gasteiger partial charge in [0.15, 0.2) is 5.78 Å². The van der Waals surface area contributed by atoms with Gasteiger partial charge in [-0.3, -0.25) is 15.1 Å². The lowest BCUT2D eigenvalue weighted by Gasteiger charge is -2.45. The summed E-state index contributed by atoms with van der Waals surface area (Å²) in [5.41, 5.74) is 3.65. The first-order valence-corrected chi connectivity index (χ1v) is 12.2. The molecule has 0 spiro atoms. The quantitative estimate of drug-likeness (QED) is 0.368. The number of carbonyl (C=O) groups is 1. The molecule has 188 valence electrons. The highest BCUT2D eigenvalue weighted by molar-refractivity contribution is 6.19. The molecule has 37 heavy (non-hydrogen) atoms. The lowest BCUT2D eigenvalue weighted by Crippen LogP contribution is -2.45. The molecule has 0 radical (unpaired) electrons. The highest BCUT2D eigenvalue weighted by Gasteiger charge is 2.46. The number of aryl methyl sites for hydroxylation is 1. The van der Waals surface area contributed by atoms with Crippen LogP contribution in [0.4, 0.5) is 14.5 Å². The molecular formula is C31H28F2N2O2. The van der Waals surface area contributed by atoms with Gasteiger partial charge in [-0.05, 0) is 60.7 Å². The Kier molecular flexibility index (Phi) is 6.06. The zero-order chi connectivity index (χ0) is 26.5. The second kappa shape index (κ2) is 9.11. The van der Waals surface area contributed by atoms with E-state index in [9.17, 15) is 24.1 Å². The van der Waals surface area contributed by atoms with Crippen LogP contribution in [0.25, 0.3) is 5.76 Å². The summed E-state index contributed by atoms with van der Waals surface area (Å²) >= 11 is 0. The van der Waals surface area contributed by atoms with E-state index in [1.165, 1.54) is 24.3 Å². The molecule has 3 aromatic rings. The number of Topliss-reactive ketones (excluding diaryl/α,β-unsaturated/α-hetero) is 1. The first-order valence-electron chi connectivity index (χ1n) is 12.2. The first kappa shape index (κ1) is 24.6. The minimum atomic E-state index is -0.760. The fourth-order valence-electron chi connectivity index (χ4n) is 5.34. The normalized spacial score (nSPS) is 20.7. The molecule has 0 saturated heterocycles. The molecule has 6 heteroatoms. The molecule has 2 N–H and O–H groups in total. The summed E-state index contributed by atoms with van der Waals surface area (Å²) < 4.78 is 27.7. The second-order valence-electron chi connectivity index (χ2n) is 10.6. The fourth-order valence-corrected chi connectivity index (χ4v) is 5.34. The highest BCUT2D eigenvalue weighted by atomic mass is 19.1. The summed E-state index contributed by atoms with van der Waals surface area (Å²) in [6.07, 6.45) is 0.802. The average molecular weight is 499 g/mol. The van der Waals surface area contributed by atoms with E-state index in [0.717, 1.165) is 5.56 Å². The van der Waals surface area contributed by atoms with Gasteiger partial charge in [0, 0.05) is 40.4 Å². The van der Waals surface area contributed by atoms with Gasteiger partial charge < -0.3 is 5.11 Å². The van der Waals surface area contributed by atoms with E-state index < -0.39 is 17.6 Å². The molecule has 0 bridgehead atoms. The summed E-state index contributed by atoms with van der Waals surface area (Å²) in [5, 5.41) is 21.0. The maximum Gasteiger partial charge on any atom is 0.162 e. The third kappa shape index (κ3) is 4.48. The van der Waals surface area contributed by atoms with Gasteiger partial charge in [0.25, 0.3) is 0 Å². The van der Waals surface area contributed by atoms with Gasteiger partial charge in [-0.15, -0.1) is 0 Å². The van der Waals surface area contributed by atoms with Crippen molar-refractivity contribution in [3.63, 3.8) is 0 Å². The number of nitrogens with zero attached hydrogens (tertiary/aromatic N) is 1. The van der Waals surface area contributed by atoms with Crippen molar-refractivity contribution in [1.82, 2.24) is 0 Å². The Hall–Kier alpha value is -4.06. The van der Waals surface area contributed by atoms with Crippen LogP contribution in [0.5, 0.6) is 0 Å². The summed E-state index contributed by atoms with van der Waals surface area (Å²) in [6, 6.07) is 18.9. The van der Waals surface area contributed by atoms with E-state index in [-0.39, 0.29) is 28.4 Å². The third-order valence-electron chi connectivity index (χ3n) is 7.09. The van der Waals surface area contributed by atoms with Gasteiger partial charge in [0.05, 0.1) is 0 Å². The number of carbonyl (C=O) groups excluding carboxylic acids is 1. The first-order chi connectivity index (χ1) is 17.6. The number of nitrogens with one attached hydrogen (secondary N) is 1. The monoisotopic (exact) mass is 498 g/mol. The number of anilines is 1. The molecule has 0 saturated carbocycles. The lowest BCUT2D eigenvalue weighted by molar-refractivity contribution is -0.118. The molecule has 2 aliphatic rings. The van der Waals surface area contributed by atoms with E-state index >= 15 is 0 Å². The van der Waals surface area contributed by atoms with Crippen LogP contribution in [0.2, 0.25) is 0 Å². The summed E-state index contributed by atoms with van der Waals surface area (Å²) in [7, 11) is 0. The van der Waals surface area contributed by atoms with Gasteiger partial charge in [-0.1, -0.05) is 55.8 Å². The lowest BCUT2D eigenvalue weighted by atomic mass is 9.67. The highest BCUT2D eigenvalue weighted by Crippen LogP contribution is 2.51. The smallest absolute Gasteiger partial charge is 0.162 e. The Balaban J connectivity index is 1.84. The van der Waals surface area contributed by atoms with Crippen molar-refractivity contribution in [2.24, 2.45) is 5.41 Å². The molecule has 3 aromatic carbocycles. The Morgan fingerprint density at radius 1 is 0.919 bits per heavy atom. The molecule has 1 atom stereocenters. The van der Waals surface area contributed by atoms with Crippen molar-refractivity contribution < 1.29 is 18.7 Å². The van der Waals surface area contributed by atoms with E-state index in [0.29, 0.717) is 40.9 Å². The van der Waals surface area contributed by atoms with Crippen molar-refractivity contribution in [2.75, 3.05) is 4.90 Å². The van der Waals surface area contributed by atoms with Crippen molar-refractivity contribution in [2.45, 2.75) is 39.5 Å². The molecule has 1 aliphatic carbocycles. The Morgan fingerprint density at radius 3 is 2.08 bits per heavy atom. The number of benzene rings is 3. The second-order valence-corrected chi connectivity index (χ2v) is 10.6. The molecular weight excluding hydrogens is 470 g/mol. The predicted molar refractivity (Wildman–Crippen MR) is 142 cm³/mol. The number of allylic oxidation sites excluding steroid dienone is 2. The Labute approximate surface area is 215 Å². The summed E-state index contributed by atoms with van der Waals surface area (Å²) in [5.74, 6) is -1.82. The van der Waals surface area contributed by atoms with Crippen molar-refractivity contribution in [1.29, 1.82) is 5.41 Å². The number of amidine groups is 1. The number of hydrogen-bond acceptors (Lipinski definition) is 3. The minimum Gasteiger partial charge on any atom is -0.507 e. The van der Waals surface area contributed by atoms with Crippen molar-refractivity contribution in [3.05, 3.63) is 118 Å². The molecule has 1 aliphatic heterocycles. The van der Waals surface area contributed by atoms with Crippen molar-refractivity contribution >= 4 is 23.1 Å². The molecule has 1 unspecified atom stereocenters. The van der Waals surface area contributed by atoms with E-state index in [2.05, 4.69) is 0 Å². The molecule has 1 heterocycles. The van der Waals surface area contributed by atoms with Gasteiger partial charge in [-0.2, -0.15) is 0 Å². The number of aliphatic hydroxyl groups excluding tert-OH is 1. The molecule has 0 aromatic heterocycles. The largest absolute Gasteiger partial charge is 0.507 e. The van der Waals surface area contributed by atoms with Gasteiger partial charge in [-0.25, -0.2) is 8.78 Å². The Morgan fingerprint density at radius 2 is 1.49 bits per heavy atom.